The van der Waals surface area contributed by atoms with Crippen LogP contribution in [-0.2, 0) is 13.1 Å². The molecule has 25 heavy (non-hydrogen) atoms. The maximum atomic E-state index is 5.41. The smallest absolute Gasteiger partial charge is 0.175 e. The van der Waals surface area contributed by atoms with Crippen LogP contribution in [0.5, 0.6) is 0 Å². The molecule has 3 aromatic rings. The largest absolute Gasteiger partial charge is 0.332 e. The Bertz CT molecular complexity index is 879. The van der Waals surface area contributed by atoms with Gasteiger partial charge in [0.1, 0.15) is 0 Å². The summed E-state index contributed by atoms with van der Waals surface area (Å²) in [5.41, 5.74) is 5.40. The lowest BCUT2D eigenvalue weighted by Gasteiger charge is -2.12. The van der Waals surface area contributed by atoms with E-state index >= 15 is 0 Å². The predicted molar refractivity (Wildman–Crippen MR) is 105 cm³/mol. The van der Waals surface area contributed by atoms with Crippen LogP contribution in [0.4, 0.5) is 11.4 Å². The maximum Gasteiger partial charge on any atom is 0.175 e. The van der Waals surface area contributed by atoms with E-state index in [0.717, 1.165) is 23.5 Å². The molecule has 6 nitrogen and oxygen atoms in total. The normalized spacial score (nSPS) is 10.7. The molecule has 7 heteroatoms. The van der Waals surface area contributed by atoms with E-state index in [1.54, 1.807) is 6.20 Å². The van der Waals surface area contributed by atoms with E-state index < -0.39 is 0 Å². The molecule has 0 bridgehead atoms. The Hall–Kier alpha value is -2.67. The minimum atomic E-state index is 0.548. The zero-order valence-corrected chi connectivity index (χ0v) is 15.5. The summed E-state index contributed by atoms with van der Waals surface area (Å²) in [6.45, 7) is 7.77. The molecule has 130 valence electrons. The Morgan fingerprint density at radius 2 is 1.88 bits per heavy atom. The third-order valence-corrected chi connectivity index (χ3v) is 4.30. The first-order valence-corrected chi connectivity index (χ1v) is 8.64. The highest BCUT2D eigenvalue weighted by Crippen LogP contribution is 2.18. The highest BCUT2D eigenvalue weighted by atomic mass is 32.1. The lowest BCUT2D eigenvalue weighted by molar-refractivity contribution is 0.654. The van der Waals surface area contributed by atoms with Gasteiger partial charge in [0, 0.05) is 30.2 Å². The van der Waals surface area contributed by atoms with Gasteiger partial charge < -0.3 is 10.6 Å². The van der Waals surface area contributed by atoms with Crippen molar-refractivity contribution >= 4 is 28.7 Å². The molecule has 0 amide bonds. The molecular formula is C18H22N6S. The molecule has 0 spiro atoms. The number of aryl methyl sites for hydroxylation is 2. The number of rotatable bonds is 5. The molecular weight excluding hydrogens is 332 g/mol. The summed E-state index contributed by atoms with van der Waals surface area (Å²) in [5.74, 6) is 0. The van der Waals surface area contributed by atoms with Crippen LogP contribution in [0.3, 0.4) is 0 Å². The van der Waals surface area contributed by atoms with Gasteiger partial charge in [0.25, 0.3) is 0 Å². The highest BCUT2D eigenvalue weighted by Gasteiger charge is 2.06. The molecule has 2 aromatic heterocycles. The van der Waals surface area contributed by atoms with Crippen molar-refractivity contribution in [1.82, 2.24) is 19.6 Å². The molecule has 0 saturated heterocycles. The van der Waals surface area contributed by atoms with E-state index in [0.29, 0.717) is 11.7 Å². The lowest BCUT2D eigenvalue weighted by atomic mass is 10.1. The molecule has 0 atom stereocenters. The van der Waals surface area contributed by atoms with Gasteiger partial charge in [0.2, 0.25) is 0 Å². The number of aromatic nitrogens is 4. The van der Waals surface area contributed by atoms with E-state index in [-0.39, 0.29) is 0 Å². The Morgan fingerprint density at radius 3 is 2.64 bits per heavy atom. The van der Waals surface area contributed by atoms with Crippen molar-refractivity contribution in [3.8, 4) is 0 Å². The second-order valence-electron chi connectivity index (χ2n) is 5.96. The van der Waals surface area contributed by atoms with Crippen molar-refractivity contribution in [3.05, 3.63) is 59.7 Å². The van der Waals surface area contributed by atoms with Gasteiger partial charge in [-0.1, -0.05) is 12.1 Å². The van der Waals surface area contributed by atoms with Gasteiger partial charge in [0.15, 0.2) is 5.11 Å². The number of thiocarbonyl (C=S) groups is 1. The third-order valence-electron chi connectivity index (χ3n) is 4.10. The molecule has 0 aliphatic heterocycles. The van der Waals surface area contributed by atoms with Gasteiger partial charge in [0.05, 0.1) is 24.6 Å². The molecule has 0 fully saturated rings. The van der Waals surface area contributed by atoms with E-state index in [2.05, 4.69) is 47.7 Å². The van der Waals surface area contributed by atoms with E-state index in [1.165, 1.54) is 11.1 Å². The number of hydrogen-bond donors (Lipinski definition) is 2. The molecule has 3 rings (SSSR count). The Balaban J connectivity index is 1.60. The monoisotopic (exact) mass is 354 g/mol. The molecule has 0 aliphatic rings. The molecule has 2 N–H and O–H groups in total. The van der Waals surface area contributed by atoms with Crippen molar-refractivity contribution in [2.45, 2.75) is 33.9 Å². The van der Waals surface area contributed by atoms with Gasteiger partial charge in [-0.05, 0) is 50.2 Å². The zero-order chi connectivity index (χ0) is 17.8. The number of nitrogens with zero attached hydrogens (tertiary/aromatic N) is 4. The van der Waals surface area contributed by atoms with Crippen LogP contribution in [0.25, 0.3) is 0 Å². The van der Waals surface area contributed by atoms with Gasteiger partial charge in [-0.2, -0.15) is 10.2 Å². The Kier molecular flexibility index (Phi) is 5.14. The first-order valence-electron chi connectivity index (χ1n) is 8.23. The van der Waals surface area contributed by atoms with Crippen LogP contribution >= 0.6 is 12.2 Å². The van der Waals surface area contributed by atoms with Crippen LogP contribution in [0, 0.1) is 13.8 Å². The summed E-state index contributed by atoms with van der Waals surface area (Å²) in [4.78, 5) is 0. The highest BCUT2D eigenvalue weighted by molar-refractivity contribution is 7.80. The van der Waals surface area contributed by atoms with Crippen LogP contribution in [-0.4, -0.2) is 24.7 Å². The van der Waals surface area contributed by atoms with Gasteiger partial charge in [-0.25, -0.2) is 0 Å². The Labute approximate surface area is 152 Å². The predicted octanol–water partition coefficient (Wildman–Crippen LogP) is 3.57. The fourth-order valence-electron chi connectivity index (χ4n) is 2.53. The average molecular weight is 354 g/mol. The Morgan fingerprint density at radius 1 is 1.08 bits per heavy atom. The molecule has 0 saturated carbocycles. The minimum absolute atomic E-state index is 0.548. The summed E-state index contributed by atoms with van der Waals surface area (Å²) in [6.07, 6.45) is 7.59. The summed E-state index contributed by atoms with van der Waals surface area (Å²) in [6, 6.07) is 6.12. The number of benzene rings is 1. The first-order chi connectivity index (χ1) is 12.0. The van der Waals surface area contributed by atoms with Gasteiger partial charge >= 0.3 is 0 Å². The average Bonchev–Trinajstić information content (AvgIpc) is 3.21. The topological polar surface area (TPSA) is 59.7 Å². The number of nitrogens with one attached hydrogen (secondary N) is 2. The van der Waals surface area contributed by atoms with Crippen molar-refractivity contribution in [2.24, 2.45) is 0 Å². The maximum absolute atomic E-state index is 5.41. The molecule has 1 aromatic carbocycles. The van der Waals surface area contributed by atoms with E-state index in [4.69, 9.17) is 12.2 Å². The second kappa shape index (κ2) is 7.48. The summed E-state index contributed by atoms with van der Waals surface area (Å²) < 4.78 is 3.76. The standard InChI is InChI=1S/C18H22N6S/c1-4-23-10-15(8-19-23)11-24-12-16(9-20-24)21-18(25)22-17-7-5-6-13(2)14(17)3/h5-10,12H,4,11H2,1-3H3,(H2,21,22,25). The summed E-state index contributed by atoms with van der Waals surface area (Å²) >= 11 is 5.41. The summed E-state index contributed by atoms with van der Waals surface area (Å²) in [7, 11) is 0. The zero-order valence-electron chi connectivity index (χ0n) is 14.7. The van der Waals surface area contributed by atoms with Crippen molar-refractivity contribution < 1.29 is 0 Å². The van der Waals surface area contributed by atoms with E-state index in [1.807, 2.05) is 40.1 Å². The van der Waals surface area contributed by atoms with Crippen molar-refractivity contribution in [2.75, 3.05) is 10.6 Å². The first kappa shape index (κ1) is 17.2. The molecule has 0 radical (unpaired) electrons. The van der Waals surface area contributed by atoms with Crippen LogP contribution in [0.1, 0.15) is 23.6 Å². The lowest BCUT2D eigenvalue weighted by Crippen LogP contribution is -2.19. The van der Waals surface area contributed by atoms with Gasteiger partial charge in [-0.3, -0.25) is 9.36 Å². The minimum Gasteiger partial charge on any atom is -0.332 e. The van der Waals surface area contributed by atoms with Crippen molar-refractivity contribution in [1.29, 1.82) is 0 Å². The number of anilines is 2. The van der Waals surface area contributed by atoms with Crippen LogP contribution < -0.4 is 10.6 Å². The quantitative estimate of drug-likeness (QED) is 0.686. The van der Waals surface area contributed by atoms with Crippen LogP contribution in [0.2, 0.25) is 0 Å². The molecule has 0 aliphatic carbocycles. The molecule has 0 unspecified atom stereocenters. The number of hydrogen-bond acceptors (Lipinski definition) is 3. The third kappa shape index (κ3) is 4.24. The van der Waals surface area contributed by atoms with Crippen LogP contribution in [0.15, 0.2) is 43.0 Å². The van der Waals surface area contributed by atoms with E-state index in [9.17, 15) is 0 Å². The fraction of sp³-hybridized carbons (Fsp3) is 0.278. The fourth-order valence-corrected chi connectivity index (χ4v) is 2.76. The summed E-state index contributed by atoms with van der Waals surface area (Å²) in [5, 5.41) is 15.6. The molecule has 2 heterocycles. The van der Waals surface area contributed by atoms with Gasteiger partial charge in [-0.15, -0.1) is 0 Å². The second-order valence-corrected chi connectivity index (χ2v) is 6.37. The van der Waals surface area contributed by atoms with Crippen molar-refractivity contribution in [3.63, 3.8) is 0 Å². The SMILES string of the molecule is CCn1cc(Cn2cc(NC(=S)Nc3cccc(C)c3C)cn2)cn1.